The van der Waals surface area contributed by atoms with Crippen molar-refractivity contribution in [2.45, 2.75) is 6.92 Å². The monoisotopic (exact) mass is 407 g/mol. The van der Waals surface area contributed by atoms with Crippen molar-refractivity contribution >= 4 is 46.8 Å². The Labute approximate surface area is 167 Å². The Morgan fingerprint density at radius 2 is 2.04 bits per heavy atom. The highest BCUT2D eigenvalue weighted by Gasteiger charge is 2.26. The van der Waals surface area contributed by atoms with Crippen LogP contribution in [0.4, 0.5) is 5.82 Å². The van der Waals surface area contributed by atoms with Gasteiger partial charge in [-0.3, -0.25) is 4.79 Å². The molecule has 3 aromatic rings. The highest BCUT2D eigenvalue weighted by atomic mass is 35.5. The van der Waals surface area contributed by atoms with Crippen molar-refractivity contribution in [3.63, 3.8) is 0 Å². The largest absolute Gasteiger partial charge is 0.382 e. The van der Waals surface area contributed by atoms with Crippen molar-refractivity contribution in [3.05, 3.63) is 40.5 Å². The standard InChI is InChI=1S/C18H18ClN5O2.ClH/c1-10-13(18(25)24-5-7-26-8-6-24)14-15(16(20)21-10)23-17(22-14)11-3-2-4-12(19)9-11;/h2-4,9H,5-8H2,1H3,(H2,20,21)(H,22,23);1H. The number of ether oxygens (including phenoxy) is 1. The van der Waals surface area contributed by atoms with Crippen LogP contribution in [0.5, 0.6) is 0 Å². The van der Waals surface area contributed by atoms with Gasteiger partial charge in [0.1, 0.15) is 22.7 Å². The molecule has 4 rings (SSSR count). The molecule has 3 heterocycles. The van der Waals surface area contributed by atoms with E-state index in [1.54, 1.807) is 24.0 Å². The minimum Gasteiger partial charge on any atom is -0.382 e. The van der Waals surface area contributed by atoms with E-state index < -0.39 is 0 Å². The first-order valence-electron chi connectivity index (χ1n) is 8.33. The Morgan fingerprint density at radius 3 is 2.74 bits per heavy atom. The number of anilines is 1. The molecule has 0 bridgehead atoms. The Balaban J connectivity index is 0.00000210. The molecule has 1 amide bonds. The maximum atomic E-state index is 13.1. The second-order valence-corrected chi connectivity index (χ2v) is 6.62. The molecule has 142 valence electrons. The fourth-order valence-corrected chi connectivity index (χ4v) is 3.35. The van der Waals surface area contributed by atoms with Crippen molar-refractivity contribution in [1.29, 1.82) is 0 Å². The number of hydrogen-bond acceptors (Lipinski definition) is 5. The van der Waals surface area contributed by atoms with E-state index in [0.29, 0.717) is 65.3 Å². The zero-order chi connectivity index (χ0) is 18.3. The summed E-state index contributed by atoms with van der Waals surface area (Å²) in [7, 11) is 0. The molecule has 1 aromatic carbocycles. The number of morpholine rings is 1. The molecule has 0 radical (unpaired) electrons. The summed E-state index contributed by atoms with van der Waals surface area (Å²) >= 11 is 6.08. The number of fused-ring (bicyclic) bond motifs is 1. The Morgan fingerprint density at radius 1 is 1.30 bits per heavy atom. The lowest BCUT2D eigenvalue weighted by Crippen LogP contribution is -2.41. The third kappa shape index (κ3) is 3.58. The summed E-state index contributed by atoms with van der Waals surface area (Å²) in [6.07, 6.45) is 0. The summed E-state index contributed by atoms with van der Waals surface area (Å²) in [5.74, 6) is 0.807. The van der Waals surface area contributed by atoms with Gasteiger partial charge in [0, 0.05) is 23.7 Å². The number of hydrogen-bond donors (Lipinski definition) is 2. The van der Waals surface area contributed by atoms with Crippen LogP contribution in [-0.2, 0) is 4.74 Å². The summed E-state index contributed by atoms with van der Waals surface area (Å²) in [4.78, 5) is 27.0. The SMILES string of the molecule is Cc1nc(N)c2[nH]c(-c3cccc(Cl)c3)nc2c1C(=O)N1CCOCC1.Cl. The Bertz CT molecular complexity index is 999. The van der Waals surface area contributed by atoms with Crippen molar-refractivity contribution in [1.82, 2.24) is 19.9 Å². The number of imidazole rings is 1. The molecule has 27 heavy (non-hydrogen) atoms. The number of halogens is 2. The molecular formula is C18H19Cl2N5O2. The van der Waals surface area contributed by atoms with Gasteiger partial charge in [-0.15, -0.1) is 12.4 Å². The van der Waals surface area contributed by atoms with Crippen LogP contribution in [0.25, 0.3) is 22.4 Å². The van der Waals surface area contributed by atoms with Crippen LogP contribution in [0.15, 0.2) is 24.3 Å². The zero-order valence-corrected chi connectivity index (χ0v) is 16.2. The maximum Gasteiger partial charge on any atom is 0.258 e. The third-order valence-corrected chi connectivity index (χ3v) is 4.69. The quantitative estimate of drug-likeness (QED) is 0.679. The number of H-pyrrole nitrogens is 1. The molecule has 0 unspecified atom stereocenters. The van der Waals surface area contributed by atoms with Gasteiger partial charge in [-0.2, -0.15) is 0 Å². The lowest BCUT2D eigenvalue weighted by Gasteiger charge is -2.27. The van der Waals surface area contributed by atoms with E-state index in [-0.39, 0.29) is 18.3 Å². The molecule has 7 nitrogen and oxygen atoms in total. The van der Waals surface area contributed by atoms with E-state index in [0.717, 1.165) is 5.56 Å². The van der Waals surface area contributed by atoms with Crippen LogP contribution in [0.3, 0.4) is 0 Å². The number of nitrogens with two attached hydrogens (primary N) is 1. The van der Waals surface area contributed by atoms with Crippen LogP contribution >= 0.6 is 24.0 Å². The van der Waals surface area contributed by atoms with Gasteiger partial charge in [-0.1, -0.05) is 23.7 Å². The normalized spacial score (nSPS) is 14.2. The number of nitrogens with one attached hydrogen (secondary N) is 1. The number of aromatic nitrogens is 3. The van der Waals surface area contributed by atoms with Gasteiger partial charge in [0.2, 0.25) is 0 Å². The smallest absolute Gasteiger partial charge is 0.258 e. The molecule has 2 aromatic heterocycles. The molecule has 9 heteroatoms. The lowest BCUT2D eigenvalue weighted by atomic mass is 10.1. The van der Waals surface area contributed by atoms with E-state index in [1.165, 1.54) is 0 Å². The number of nitrogens with zero attached hydrogens (tertiary/aromatic N) is 3. The van der Waals surface area contributed by atoms with Gasteiger partial charge in [0.05, 0.1) is 24.5 Å². The molecule has 3 N–H and O–H groups in total. The molecule has 1 fully saturated rings. The maximum absolute atomic E-state index is 13.1. The number of pyridine rings is 1. The number of aromatic amines is 1. The molecule has 0 aliphatic carbocycles. The van der Waals surface area contributed by atoms with Gasteiger partial charge in [-0.25, -0.2) is 9.97 Å². The van der Waals surface area contributed by atoms with Gasteiger partial charge in [0.25, 0.3) is 5.91 Å². The Kier molecular flexibility index (Phi) is 5.55. The van der Waals surface area contributed by atoms with Gasteiger partial charge >= 0.3 is 0 Å². The highest BCUT2D eigenvalue weighted by Crippen LogP contribution is 2.29. The molecule has 0 saturated carbocycles. The minimum absolute atomic E-state index is 0. The fourth-order valence-electron chi connectivity index (χ4n) is 3.16. The van der Waals surface area contributed by atoms with E-state index in [9.17, 15) is 4.79 Å². The van der Waals surface area contributed by atoms with Crippen molar-refractivity contribution in [2.75, 3.05) is 32.0 Å². The average molecular weight is 408 g/mol. The fraction of sp³-hybridized carbons (Fsp3) is 0.278. The van der Waals surface area contributed by atoms with Gasteiger partial charge in [0.15, 0.2) is 0 Å². The number of amides is 1. The van der Waals surface area contributed by atoms with Crippen molar-refractivity contribution < 1.29 is 9.53 Å². The topological polar surface area (TPSA) is 97.1 Å². The molecule has 1 aliphatic heterocycles. The number of rotatable bonds is 2. The summed E-state index contributed by atoms with van der Waals surface area (Å²) in [6.45, 7) is 3.94. The highest BCUT2D eigenvalue weighted by molar-refractivity contribution is 6.30. The molecular weight excluding hydrogens is 389 g/mol. The molecule has 1 aliphatic rings. The molecule has 1 saturated heterocycles. The number of carbonyl (C=O) groups is 1. The number of nitrogen functional groups attached to an aromatic ring is 1. The third-order valence-electron chi connectivity index (χ3n) is 4.46. The predicted octanol–water partition coefficient (Wildman–Crippen LogP) is 3.06. The van der Waals surface area contributed by atoms with E-state index >= 15 is 0 Å². The summed E-state index contributed by atoms with van der Waals surface area (Å²) in [5.41, 5.74) is 9.01. The first-order valence-corrected chi connectivity index (χ1v) is 8.71. The first kappa shape index (κ1) is 19.4. The van der Waals surface area contributed by atoms with E-state index in [4.69, 9.17) is 22.1 Å². The van der Waals surface area contributed by atoms with Crippen molar-refractivity contribution in [3.8, 4) is 11.4 Å². The van der Waals surface area contributed by atoms with Crippen molar-refractivity contribution in [2.24, 2.45) is 0 Å². The lowest BCUT2D eigenvalue weighted by molar-refractivity contribution is 0.0303. The number of carbonyl (C=O) groups excluding carboxylic acids is 1. The van der Waals surface area contributed by atoms with E-state index in [2.05, 4.69) is 15.0 Å². The number of benzene rings is 1. The predicted molar refractivity (Wildman–Crippen MR) is 107 cm³/mol. The van der Waals surface area contributed by atoms with Crippen LogP contribution in [-0.4, -0.2) is 52.1 Å². The van der Waals surface area contributed by atoms with Crippen LogP contribution < -0.4 is 5.73 Å². The first-order chi connectivity index (χ1) is 12.5. The summed E-state index contributed by atoms with van der Waals surface area (Å²) in [5, 5.41) is 0.606. The molecule has 0 atom stereocenters. The number of aryl methyl sites for hydroxylation is 1. The average Bonchev–Trinajstić information content (AvgIpc) is 3.08. The summed E-state index contributed by atoms with van der Waals surface area (Å²) in [6, 6.07) is 7.33. The van der Waals surface area contributed by atoms with Crippen LogP contribution in [0, 0.1) is 6.92 Å². The zero-order valence-electron chi connectivity index (χ0n) is 14.7. The minimum atomic E-state index is -0.104. The molecule has 0 spiro atoms. The van der Waals surface area contributed by atoms with Gasteiger partial charge in [-0.05, 0) is 19.1 Å². The second-order valence-electron chi connectivity index (χ2n) is 6.18. The van der Waals surface area contributed by atoms with Gasteiger partial charge < -0.3 is 20.4 Å². The van der Waals surface area contributed by atoms with E-state index in [1.807, 2.05) is 12.1 Å². The summed E-state index contributed by atoms with van der Waals surface area (Å²) < 4.78 is 5.33. The van der Waals surface area contributed by atoms with Crippen LogP contribution in [0.2, 0.25) is 5.02 Å². The van der Waals surface area contributed by atoms with Crippen LogP contribution in [0.1, 0.15) is 16.1 Å². The Hall–Kier alpha value is -2.35. The second kappa shape index (κ2) is 7.72.